The highest BCUT2D eigenvalue weighted by Crippen LogP contribution is 2.26. The lowest BCUT2D eigenvalue weighted by Gasteiger charge is -2.29. The Hall–Kier alpha value is -0.0800. The van der Waals surface area contributed by atoms with Crippen molar-refractivity contribution in [2.24, 2.45) is 5.92 Å². The van der Waals surface area contributed by atoms with Gasteiger partial charge in [-0.15, -0.1) is 0 Å². The molecular weight excluding hydrogens is 196 g/mol. The summed E-state index contributed by atoms with van der Waals surface area (Å²) in [4.78, 5) is 2.60. The molecule has 0 bridgehead atoms. The fourth-order valence-corrected chi connectivity index (χ4v) is 3.26. The first kappa shape index (κ1) is 12.4. The van der Waals surface area contributed by atoms with Crippen LogP contribution in [0.1, 0.15) is 51.9 Å². The minimum absolute atomic E-state index is 0.739. The molecule has 1 saturated carbocycles. The van der Waals surface area contributed by atoms with Crippen molar-refractivity contribution in [2.75, 3.05) is 26.2 Å². The molecule has 0 aromatic rings. The molecule has 1 heterocycles. The topological polar surface area (TPSA) is 15.3 Å². The van der Waals surface area contributed by atoms with E-state index in [1.165, 1.54) is 71.1 Å². The zero-order valence-electron chi connectivity index (χ0n) is 10.9. The fourth-order valence-electron chi connectivity index (χ4n) is 3.26. The van der Waals surface area contributed by atoms with Gasteiger partial charge in [-0.1, -0.05) is 19.3 Å². The van der Waals surface area contributed by atoms with Crippen LogP contribution < -0.4 is 5.32 Å². The first-order valence-electron chi connectivity index (χ1n) is 7.32. The van der Waals surface area contributed by atoms with Crippen LogP contribution in [0, 0.1) is 5.92 Å². The molecule has 94 valence electrons. The molecule has 1 unspecified atom stereocenters. The predicted octanol–water partition coefficient (Wildman–Crippen LogP) is 2.64. The molecule has 2 heteroatoms. The van der Waals surface area contributed by atoms with Gasteiger partial charge >= 0.3 is 0 Å². The molecule has 2 rings (SSSR count). The molecule has 0 spiro atoms. The Balaban J connectivity index is 1.57. The van der Waals surface area contributed by atoms with E-state index in [2.05, 4.69) is 17.1 Å². The molecule has 16 heavy (non-hydrogen) atoms. The minimum atomic E-state index is 0.739. The molecule has 0 radical (unpaired) electrons. The van der Waals surface area contributed by atoms with Gasteiger partial charge in [0, 0.05) is 19.1 Å². The van der Waals surface area contributed by atoms with Crippen molar-refractivity contribution in [3.05, 3.63) is 0 Å². The molecule has 2 fully saturated rings. The summed E-state index contributed by atoms with van der Waals surface area (Å²) < 4.78 is 0. The second-order valence-electron chi connectivity index (χ2n) is 5.69. The van der Waals surface area contributed by atoms with Crippen LogP contribution in [0.15, 0.2) is 0 Å². The van der Waals surface area contributed by atoms with Gasteiger partial charge in [-0.2, -0.15) is 0 Å². The first-order chi connectivity index (χ1) is 7.86. The molecule has 0 amide bonds. The van der Waals surface area contributed by atoms with Crippen LogP contribution in [-0.2, 0) is 0 Å². The van der Waals surface area contributed by atoms with Crippen molar-refractivity contribution in [1.82, 2.24) is 10.2 Å². The van der Waals surface area contributed by atoms with Crippen molar-refractivity contribution in [1.29, 1.82) is 0 Å². The summed E-state index contributed by atoms with van der Waals surface area (Å²) in [5.41, 5.74) is 0. The van der Waals surface area contributed by atoms with E-state index < -0.39 is 0 Å². The van der Waals surface area contributed by atoms with Crippen LogP contribution in [0.3, 0.4) is 0 Å². The summed E-state index contributed by atoms with van der Waals surface area (Å²) in [5, 5.41) is 3.74. The Bertz CT molecular complexity index is 181. The molecule has 1 N–H and O–H groups in total. The normalized spacial score (nSPS) is 26.1. The van der Waals surface area contributed by atoms with E-state index in [1.54, 1.807) is 0 Å². The van der Waals surface area contributed by atoms with Crippen LogP contribution >= 0.6 is 0 Å². The molecule has 1 aliphatic carbocycles. The summed E-state index contributed by atoms with van der Waals surface area (Å²) in [5.74, 6) is 0.951. The van der Waals surface area contributed by atoms with Gasteiger partial charge in [0.25, 0.3) is 0 Å². The predicted molar refractivity (Wildman–Crippen MR) is 69.7 cm³/mol. The smallest absolute Gasteiger partial charge is 0.0107 e. The van der Waals surface area contributed by atoms with E-state index in [0.717, 1.165) is 12.0 Å². The van der Waals surface area contributed by atoms with Crippen LogP contribution in [0.25, 0.3) is 0 Å². The second-order valence-corrected chi connectivity index (χ2v) is 5.69. The molecule has 2 nitrogen and oxygen atoms in total. The summed E-state index contributed by atoms with van der Waals surface area (Å²) >= 11 is 0. The number of hydrogen-bond acceptors (Lipinski definition) is 2. The van der Waals surface area contributed by atoms with Crippen LogP contribution in [0.2, 0.25) is 0 Å². The number of nitrogens with one attached hydrogen (secondary N) is 1. The zero-order valence-corrected chi connectivity index (χ0v) is 10.9. The Morgan fingerprint density at radius 1 is 1.06 bits per heavy atom. The summed E-state index contributed by atoms with van der Waals surface area (Å²) in [6.07, 6.45) is 10.1. The van der Waals surface area contributed by atoms with Gasteiger partial charge in [-0.3, -0.25) is 0 Å². The first-order valence-corrected chi connectivity index (χ1v) is 7.32. The average molecular weight is 224 g/mol. The number of likely N-dealkylation sites (tertiary alicyclic amines) is 1. The highest BCUT2D eigenvalue weighted by Gasteiger charge is 2.19. The Morgan fingerprint density at radius 3 is 2.44 bits per heavy atom. The Morgan fingerprint density at radius 2 is 1.75 bits per heavy atom. The highest BCUT2D eigenvalue weighted by molar-refractivity contribution is 4.76. The average Bonchev–Trinajstić information content (AvgIpc) is 2.83. The van der Waals surface area contributed by atoms with Crippen molar-refractivity contribution in [3.8, 4) is 0 Å². The van der Waals surface area contributed by atoms with Gasteiger partial charge < -0.3 is 10.2 Å². The lowest BCUT2D eigenvalue weighted by atomic mass is 9.84. The van der Waals surface area contributed by atoms with Crippen molar-refractivity contribution in [2.45, 2.75) is 57.9 Å². The minimum Gasteiger partial charge on any atom is -0.313 e. The molecule has 1 atom stereocenters. The lowest BCUT2D eigenvalue weighted by Crippen LogP contribution is -2.39. The van der Waals surface area contributed by atoms with Crippen molar-refractivity contribution >= 4 is 0 Å². The van der Waals surface area contributed by atoms with Crippen molar-refractivity contribution in [3.63, 3.8) is 0 Å². The molecular formula is C14H28N2. The third-order valence-electron chi connectivity index (χ3n) is 4.45. The van der Waals surface area contributed by atoms with E-state index in [-0.39, 0.29) is 0 Å². The monoisotopic (exact) mass is 224 g/mol. The van der Waals surface area contributed by atoms with Crippen LogP contribution in [0.5, 0.6) is 0 Å². The fraction of sp³-hybridized carbons (Fsp3) is 1.00. The molecule has 1 saturated heterocycles. The van der Waals surface area contributed by atoms with Gasteiger partial charge in [0.15, 0.2) is 0 Å². The van der Waals surface area contributed by atoms with Gasteiger partial charge in [-0.05, 0) is 51.6 Å². The third kappa shape index (κ3) is 3.74. The van der Waals surface area contributed by atoms with Crippen LogP contribution in [-0.4, -0.2) is 37.1 Å². The van der Waals surface area contributed by atoms with Gasteiger partial charge in [0.05, 0.1) is 0 Å². The van der Waals surface area contributed by atoms with E-state index in [4.69, 9.17) is 0 Å². The zero-order chi connectivity index (χ0) is 11.2. The number of hydrogen-bond donors (Lipinski definition) is 1. The third-order valence-corrected chi connectivity index (χ3v) is 4.45. The van der Waals surface area contributed by atoms with Crippen LogP contribution in [0.4, 0.5) is 0 Å². The van der Waals surface area contributed by atoms with Gasteiger partial charge in [-0.25, -0.2) is 0 Å². The summed E-state index contributed by atoms with van der Waals surface area (Å²) in [7, 11) is 0. The van der Waals surface area contributed by atoms with Gasteiger partial charge in [0.2, 0.25) is 0 Å². The maximum Gasteiger partial charge on any atom is 0.0107 e. The molecule has 0 aromatic carbocycles. The molecule has 2 aliphatic rings. The summed E-state index contributed by atoms with van der Waals surface area (Å²) in [6.45, 7) is 7.51. The standard InChI is InChI=1S/C14H28N2/c1-13(14-7-3-2-4-8-14)15-9-12-16-10-5-6-11-16/h13-15H,2-12H2,1H3. The SMILES string of the molecule is CC(NCCN1CCCC1)C1CCCCC1. The van der Waals surface area contributed by atoms with E-state index in [0.29, 0.717) is 0 Å². The summed E-state index contributed by atoms with van der Waals surface area (Å²) in [6, 6.07) is 0.739. The quantitative estimate of drug-likeness (QED) is 0.772. The molecule has 1 aliphatic heterocycles. The maximum atomic E-state index is 3.74. The largest absolute Gasteiger partial charge is 0.313 e. The molecule has 0 aromatic heterocycles. The van der Waals surface area contributed by atoms with E-state index >= 15 is 0 Å². The number of nitrogens with zero attached hydrogens (tertiary/aromatic N) is 1. The Kier molecular flexibility index (Phi) is 5.11. The maximum absolute atomic E-state index is 3.74. The van der Waals surface area contributed by atoms with E-state index in [9.17, 15) is 0 Å². The van der Waals surface area contributed by atoms with E-state index in [1.807, 2.05) is 0 Å². The van der Waals surface area contributed by atoms with Crippen molar-refractivity contribution < 1.29 is 0 Å². The second kappa shape index (κ2) is 6.61. The van der Waals surface area contributed by atoms with Gasteiger partial charge in [0.1, 0.15) is 0 Å². The highest BCUT2D eigenvalue weighted by atomic mass is 15.2. The number of rotatable bonds is 5. The Labute approximate surface area is 101 Å². The lowest BCUT2D eigenvalue weighted by molar-refractivity contribution is 0.265.